The first kappa shape index (κ1) is 20.8. The van der Waals surface area contributed by atoms with Crippen LogP contribution in [0, 0.1) is 11.6 Å². The molecule has 5 nitrogen and oxygen atoms in total. The van der Waals surface area contributed by atoms with Gasteiger partial charge in [-0.1, -0.05) is 6.07 Å². The molecular formula is C20H26F2N4OS. The number of rotatable bonds is 7. The number of halogens is 2. The van der Waals surface area contributed by atoms with Crippen molar-refractivity contribution in [1.82, 2.24) is 15.2 Å². The van der Waals surface area contributed by atoms with Crippen molar-refractivity contribution in [3.63, 3.8) is 0 Å². The molecule has 1 N–H and O–H groups in total. The maximum Gasteiger partial charge on any atom is 0.242 e. The smallest absolute Gasteiger partial charge is 0.242 e. The molecule has 2 aromatic rings. The number of carbonyl (C=O) groups excluding carboxylic acids is 1. The molecule has 8 heteroatoms. The number of nitrogens with one attached hydrogen (secondary N) is 1. The standard InChI is InChI=1S/C20H26F2N4OS/c1-20(2,26-9-4-5-10-26)18(14-6-7-15(21)16(22)12-14)24-13-17(27)25(3)19-23-8-11-28-19/h6-8,11-12,18,24H,4-5,9-10,13H2,1-3H3/t18-/m1/s1. The summed E-state index contributed by atoms with van der Waals surface area (Å²) in [5.41, 5.74) is 0.251. The molecule has 1 saturated heterocycles. The number of benzene rings is 1. The largest absolute Gasteiger partial charge is 0.300 e. The summed E-state index contributed by atoms with van der Waals surface area (Å²) in [5.74, 6) is -1.89. The molecule has 1 amide bonds. The van der Waals surface area contributed by atoms with Crippen molar-refractivity contribution < 1.29 is 13.6 Å². The number of hydrogen-bond acceptors (Lipinski definition) is 5. The van der Waals surface area contributed by atoms with Crippen LogP contribution in [0.1, 0.15) is 38.3 Å². The Morgan fingerprint density at radius 3 is 2.64 bits per heavy atom. The molecule has 28 heavy (non-hydrogen) atoms. The summed E-state index contributed by atoms with van der Waals surface area (Å²) in [4.78, 5) is 20.6. The normalized spacial score (nSPS) is 16.3. The van der Waals surface area contributed by atoms with E-state index in [1.165, 1.54) is 22.3 Å². The number of nitrogens with zero attached hydrogens (tertiary/aromatic N) is 3. The number of likely N-dealkylation sites (N-methyl/N-ethyl adjacent to an activating group) is 1. The van der Waals surface area contributed by atoms with Gasteiger partial charge in [-0.15, -0.1) is 11.3 Å². The Labute approximate surface area is 168 Å². The minimum absolute atomic E-state index is 0.0665. The number of likely N-dealkylation sites (tertiary alicyclic amines) is 1. The lowest BCUT2D eigenvalue weighted by Gasteiger charge is -2.43. The number of thiazole rings is 1. The van der Waals surface area contributed by atoms with Crippen molar-refractivity contribution in [1.29, 1.82) is 0 Å². The van der Waals surface area contributed by atoms with Crippen molar-refractivity contribution in [2.24, 2.45) is 0 Å². The minimum atomic E-state index is -0.882. The Balaban J connectivity index is 1.81. The zero-order valence-corrected chi connectivity index (χ0v) is 17.2. The molecule has 1 fully saturated rings. The summed E-state index contributed by atoms with van der Waals surface area (Å²) >= 11 is 1.39. The maximum absolute atomic E-state index is 13.9. The van der Waals surface area contributed by atoms with Crippen molar-refractivity contribution >= 4 is 22.4 Å². The van der Waals surface area contributed by atoms with Crippen LogP contribution in [-0.2, 0) is 4.79 Å². The first-order valence-electron chi connectivity index (χ1n) is 9.40. The molecule has 0 aliphatic carbocycles. The topological polar surface area (TPSA) is 48.5 Å². The van der Waals surface area contributed by atoms with Gasteiger partial charge in [0.05, 0.1) is 12.6 Å². The fraction of sp³-hybridized carbons (Fsp3) is 0.500. The van der Waals surface area contributed by atoms with Gasteiger partial charge in [-0.05, 0) is 57.5 Å². The predicted octanol–water partition coefficient (Wildman–Crippen LogP) is 3.59. The molecule has 1 aromatic carbocycles. The molecule has 0 saturated carbocycles. The van der Waals surface area contributed by atoms with Crippen molar-refractivity contribution in [3.05, 3.63) is 47.0 Å². The predicted molar refractivity (Wildman–Crippen MR) is 108 cm³/mol. The van der Waals surface area contributed by atoms with Crippen LogP contribution in [0.2, 0.25) is 0 Å². The van der Waals surface area contributed by atoms with E-state index in [1.54, 1.807) is 19.3 Å². The molecule has 1 aliphatic heterocycles. The zero-order valence-electron chi connectivity index (χ0n) is 16.4. The van der Waals surface area contributed by atoms with E-state index in [2.05, 4.69) is 29.0 Å². The molecule has 1 aliphatic rings. The summed E-state index contributed by atoms with van der Waals surface area (Å²) in [5, 5.41) is 5.73. The minimum Gasteiger partial charge on any atom is -0.300 e. The Morgan fingerprint density at radius 2 is 2.04 bits per heavy atom. The van der Waals surface area contributed by atoms with Gasteiger partial charge in [0.2, 0.25) is 5.91 Å². The third-order valence-electron chi connectivity index (χ3n) is 5.44. The molecule has 0 bridgehead atoms. The van der Waals surface area contributed by atoms with E-state index >= 15 is 0 Å². The number of hydrogen-bond donors (Lipinski definition) is 1. The summed E-state index contributed by atoms with van der Waals surface area (Å²) in [6, 6.07) is 3.61. The number of amides is 1. The molecule has 3 rings (SSSR count). The first-order valence-corrected chi connectivity index (χ1v) is 10.3. The van der Waals surface area contributed by atoms with E-state index < -0.39 is 11.6 Å². The number of anilines is 1. The van der Waals surface area contributed by atoms with Crippen LogP contribution < -0.4 is 10.2 Å². The van der Waals surface area contributed by atoms with Crippen LogP contribution >= 0.6 is 11.3 Å². The van der Waals surface area contributed by atoms with Gasteiger partial charge in [-0.2, -0.15) is 0 Å². The van der Waals surface area contributed by atoms with E-state index in [9.17, 15) is 13.6 Å². The van der Waals surface area contributed by atoms with Crippen molar-refractivity contribution in [2.45, 2.75) is 38.3 Å². The van der Waals surface area contributed by atoms with E-state index in [4.69, 9.17) is 0 Å². The average Bonchev–Trinajstić information content (AvgIpc) is 3.37. The van der Waals surface area contributed by atoms with E-state index in [0.717, 1.165) is 32.0 Å². The van der Waals surface area contributed by atoms with Crippen molar-refractivity contribution in [2.75, 3.05) is 31.6 Å². The third kappa shape index (κ3) is 4.39. The highest BCUT2D eigenvalue weighted by Gasteiger charge is 2.38. The van der Waals surface area contributed by atoms with Gasteiger partial charge >= 0.3 is 0 Å². The van der Waals surface area contributed by atoms with E-state index in [0.29, 0.717) is 10.7 Å². The van der Waals surface area contributed by atoms with Gasteiger partial charge in [0.25, 0.3) is 0 Å². The summed E-state index contributed by atoms with van der Waals surface area (Å²) in [6.45, 7) is 6.11. The van der Waals surface area contributed by atoms with E-state index in [1.807, 2.05) is 5.38 Å². The number of carbonyl (C=O) groups is 1. The zero-order chi connectivity index (χ0) is 20.3. The average molecular weight is 409 g/mol. The molecular weight excluding hydrogens is 382 g/mol. The van der Waals surface area contributed by atoms with Gasteiger partial charge in [-0.25, -0.2) is 13.8 Å². The van der Waals surface area contributed by atoms with Crippen LogP contribution in [0.5, 0.6) is 0 Å². The molecule has 152 valence electrons. The van der Waals surface area contributed by atoms with Gasteiger partial charge in [0, 0.05) is 24.2 Å². The monoisotopic (exact) mass is 408 g/mol. The number of aromatic nitrogens is 1. The molecule has 0 spiro atoms. The highest BCUT2D eigenvalue weighted by Crippen LogP contribution is 2.34. The Hall–Kier alpha value is -1.90. The fourth-order valence-electron chi connectivity index (χ4n) is 3.74. The van der Waals surface area contributed by atoms with Crippen LogP contribution in [-0.4, -0.2) is 48.0 Å². The lowest BCUT2D eigenvalue weighted by atomic mass is 9.86. The molecule has 2 heterocycles. The Kier molecular flexibility index (Phi) is 6.42. The SMILES string of the molecule is CN(C(=O)CN[C@H](c1ccc(F)c(F)c1)C(C)(C)N1CCCC1)c1nccs1. The molecule has 1 atom stereocenters. The lowest BCUT2D eigenvalue weighted by molar-refractivity contribution is -0.117. The highest BCUT2D eigenvalue weighted by atomic mass is 32.1. The van der Waals surface area contributed by atoms with Crippen LogP contribution in [0.4, 0.5) is 13.9 Å². The quantitative estimate of drug-likeness (QED) is 0.761. The van der Waals surface area contributed by atoms with Gasteiger partial charge in [0.1, 0.15) is 0 Å². The molecule has 1 aromatic heterocycles. The molecule has 0 unspecified atom stereocenters. The summed E-state index contributed by atoms with van der Waals surface area (Å²) < 4.78 is 27.4. The van der Waals surface area contributed by atoms with Gasteiger partial charge in [0.15, 0.2) is 16.8 Å². The summed E-state index contributed by atoms with van der Waals surface area (Å²) in [6.07, 6.45) is 3.87. The van der Waals surface area contributed by atoms with Gasteiger partial charge < -0.3 is 0 Å². The maximum atomic E-state index is 13.9. The summed E-state index contributed by atoms with van der Waals surface area (Å²) in [7, 11) is 1.68. The van der Waals surface area contributed by atoms with Gasteiger partial charge in [-0.3, -0.25) is 19.9 Å². The fourth-order valence-corrected chi connectivity index (χ4v) is 4.36. The lowest BCUT2D eigenvalue weighted by Crippen LogP contribution is -2.53. The van der Waals surface area contributed by atoms with Crippen LogP contribution in [0.3, 0.4) is 0 Å². The second-order valence-electron chi connectivity index (χ2n) is 7.60. The van der Waals surface area contributed by atoms with Crippen LogP contribution in [0.15, 0.2) is 29.8 Å². The first-order chi connectivity index (χ1) is 13.3. The second-order valence-corrected chi connectivity index (χ2v) is 8.48. The highest BCUT2D eigenvalue weighted by molar-refractivity contribution is 7.13. The molecule has 0 radical (unpaired) electrons. The van der Waals surface area contributed by atoms with E-state index in [-0.39, 0.29) is 24.0 Å². The van der Waals surface area contributed by atoms with Crippen molar-refractivity contribution in [3.8, 4) is 0 Å². The Bertz CT molecular complexity index is 807. The Morgan fingerprint density at radius 1 is 1.32 bits per heavy atom. The van der Waals surface area contributed by atoms with Crippen LogP contribution in [0.25, 0.3) is 0 Å². The third-order valence-corrected chi connectivity index (χ3v) is 6.29. The second kappa shape index (κ2) is 8.63.